The van der Waals surface area contributed by atoms with Crippen molar-refractivity contribution in [3.63, 3.8) is 0 Å². The number of hydrogen-bond donors (Lipinski definition) is 1. The Morgan fingerprint density at radius 3 is 2.31 bits per heavy atom. The van der Waals surface area contributed by atoms with Gasteiger partial charge in [-0.15, -0.1) is 0 Å². The van der Waals surface area contributed by atoms with E-state index in [2.05, 4.69) is 12.4 Å². The fourth-order valence-corrected chi connectivity index (χ4v) is 3.10. The maximum Gasteiger partial charge on any atom is -0.00493 e. The van der Waals surface area contributed by atoms with Crippen molar-refractivity contribution >= 4 is 0 Å². The third kappa shape index (κ3) is 2.07. The van der Waals surface area contributed by atoms with Crippen LogP contribution in [-0.4, -0.2) is 13.6 Å². The predicted octanol–water partition coefficient (Wildman–Crippen LogP) is 2.96. The van der Waals surface area contributed by atoms with Crippen molar-refractivity contribution in [1.82, 2.24) is 5.32 Å². The molecule has 13 heavy (non-hydrogen) atoms. The van der Waals surface area contributed by atoms with Crippen molar-refractivity contribution in [2.45, 2.75) is 51.4 Å². The molecule has 0 aromatic rings. The average molecular weight is 181 g/mol. The molecule has 0 aromatic carbocycles. The maximum atomic E-state index is 3.26. The largest absolute Gasteiger partial charge is 0.320 e. The summed E-state index contributed by atoms with van der Waals surface area (Å²) in [6.45, 7) is 1.22. The van der Waals surface area contributed by atoms with Crippen molar-refractivity contribution in [1.29, 1.82) is 0 Å². The van der Waals surface area contributed by atoms with Crippen LogP contribution < -0.4 is 5.32 Å². The highest BCUT2D eigenvalue weighted by Crippen LogP contribution is 2.52. The van der Waals surface area contributed by atoms with Gasteiger partial charge in [0.15, 0.2) is 0 Å². The first kappa shape index (κ1) is 9.51. The van der Waals surface area contributed by atoms with Crippen LogP contribution >= 0.6 is 0 Å². The molecule has 2 aliphatic rings. The van der Waals surface area contributed by atoms with E-state index >= 15 is 0 Å². The zero-order valence-electron chi connectivity index (χ0n) is 8.94. The van der Waals surface area contributed by atoms with E-state index in [4.69, 9.17) is 0 Å². The minimum Gasteiger partial charge on any atom is -0.320 e. The number of nitrogens with one attached hydrogen (secondary N) is 1. The molecule has 0 bridgehead atoms. The predicted molar refractivity (Wildman–Crippen MR) is 56.8 cm³/mol. The Balaban J connectivity index is 1.70. The molecule has 0 radical (unpaired) electrons. The molecule has 0 aliphatic heterocycles. The summed E-state index contributed by atoms with van der Waals surface area (Å²) in [5.41, 5.74) is 0.857. The molecule has 2 fully saturated rings. The van der Waals surface area contributed by atoms with Gasteiger partial charge in [0.2, 0.25) is 0 Å². The Morgan fingerprint density at radius 1 is 1.15 bits per heavy atom. The molecule has 2 aliphatic carbocycles. The minimum absolute atomic E-state index is 0.857. The van der Waals surface area contributed by atoms with Gasteiger partial charge in [-0.05, 0) is 69.9 Å². The van der Waals surface area contributed by atoms with E-state index in [-0.39, 0.29) is 0 Å². The fraction of sp³-hybridized carbons (Fsp3) is 1.00. The van der Waals surface area contributed by atoms with Gasteiger partial charge in [-0.25, -0.2) is 0 Å². The Bertz CT molecular complexity index is 151. The van der Waals surface area contributed by atoms with Gasteiger partial charge < -0.3 is 5.32 Å². The molecule has 0 heterocycles. The van der Waals surface area contributed by atoms with Gasteiger partial charge in [0.1, 0.15) is 0 Å². The Kier molecular flexibility index (Phi) is 2.92. The lowest BCUT2D eigenvalue weighted by Gasteiger charge is -2.47. The van der Waals surface area contributed by atoms with Crippen molar-refractivity contribution in [2.24, 2.45) is 11.3 Å². The molecule has 1 heteroatoms. The molecule has 0 saturated heterocycles. The molecular weight excluding hydrogens is 158 g/mol. The van der Waals surface area contributed by atoms with Crippen molar-refractivity contribution in [3.05, 3.63) is 0 Å². The lowest BCUT2D eigenvalue weighted by molar-refractivity contribution is 0.0538. The molecule has 1 spiro atoms. The summed E-state index contributed by atoms with van der Waals surface area (Å²) in [5, 5.41) is 3.26. The Morgan fingerprint density at radius 2 is 1.85 bits per heavy atom. The van der Waals surface area contributed by atoms with Crippen molar-refractivity contribution in [3.8, 4) is 0 Å². The SMILES string of the molecule is CNCCC1CCC2(CCC2)CC1. The Labute approximate surface area is 82.3 Å². The smallest absolute Gasteiger partial charge is 0.00493 e. The summed E-state index contributed by atoms with van der Waals surface area (Å²) in [5.74, 6) is 1.04. The summed E-state index contributed by atoms with van der Waals surface area (Å²) in [6, 6.07) is 0. The van der Waals surface area contributed by atoms with Gasteiger partial charge in [-0.3, -0.25) is 0 Å². The van der Waals surface area contributed by atoms with Crippen LogP contribution in [0.1, 0.15) is 51.4 Å². The van der Waals surface area contributed by atoms with Crippen LogP contribution in [0.2, 0.25) is 0 Å². The standard InChI is InChI=1S/C12H23N/c1-13-10-5-11-3-8-12(9-4-11)6-2-7-12/h11,13H,2-10H2,1H3. The van der Waals surface area contributed by atoms with E-state index in [1.54, 1.807) is 25.7 Å². The molecule has 2 saturated carbocycles. The van der Waals surface area contributed by atoms with Crippen LogP contribution in [0.15, 0.2) is 0 Å². The zero-order valence-corrected chi connectivity index (χ0v) is 8.94. The average Bonchev–Trinajstić information content (AvgIpc) is 2.13. The van der Waals surface area contributed by atoms with Gasteiger partial charge in [0.25, 0.3) is 0 Å². The van der Waals surface area contributed by atoms with Gasteiger partial charge in [0.05, 0.1) is 0 Å². The molecule has 0 atom stereocenters. The van der Waals surface area contributed by atoms with E-state index in [0.29, 0.717) is 0 Å². The summed E-state index contributed by atoms with van der Waals surface area (Å²) in [6.07, 6.45) is 12.1. The molecule has 2 rings (SSSR count). The normalized spacial score (nSPS) is 27.5. The van der Waals surface area contributed by atoms with Gasteiger partial charge >= 0.3 is 0 Å². The van der Waals surface area contributed by atoms with E-state index in [0.717, 1.165) is 11.3 Å². The van der Waals surface area contributed by atoms with Gasteiger partial charge in [-0.1, -0.05) is 6.42 Å². The second kappa shape index (κ2) is 4.00. The summed E-state index contributed by atoms with van der Waals surface area (Å²) >= 11 is 0. The Hall–Kier alpha value is -0.0400. The van der Waals surface area contributed by atoms with Gasteiger partial charge in [-0.2, -0.15) is 0 Å². The second-order valence-electron chi connectivity index (χ2n) is 5.19. The third-order valence-corrected chi connectivity index (χ3v) is 4.38. The van der Waals surface area contributed by atoms with Crippen molar-refractivity contribution in [2.75, 3.05) is 13.6 Å². The van der Waals surface area contributed by atoms with Crippen molar-refractivity contribution < 1.29 is 0 Å². The van der Waals surface area contributed by atoms with Crippen LogP contribution in [-0.2, 0) is 0 Å². The first-order chi connectivity index (χ1) is 6.35. The van der Waals surface area contributed by atoms with Crippen LogP contribution in [0.25, 0.3) is 0 Å². The highest BCUT2D eigenvalue weighted by atomic mass is 14.8. The summed E-state index contributed by atoms with van der Waals surface area (Å²) in [4.78, 5) is 0. The number of hydrogen-bond acceptors (Lipinski definition) is 1. The van der Waals surface area contributed by atoms with E-state index < -0.39 is 0 Å². The van der Waals surface area contributed by atoms with Crippen LogP contribution in [0, 0.1) is 11.3 Å². The fourth-order valence-electron chi connectivity index (χ4n) is 3.10. The van der Waals surface area contributed by atoms with Crippen LogP contribution in [0.3, 0.4) is 0 Å². The van der Waals surface area contributed by atoms with Gasteiger partial charge in [0, 0.05) is 0 Å². The van der Waals surface area contributed by atoms with E-state index in [1.165, 1.54) is 32.2 Å². The summed E-state index contributed by atoms with van der Waals surface area (Å²) in [7, 11) is 2.07. The first-order valence-corrected chi connectivity index (χ1v) is 5.99. The monoisotopic (exact) mass is 181 g/mol. The molecule has 1 nitrogen and oxygen atoms in total. The zero-order chi connectivity index (χ0) is 9.15. The molecular formula is C12H23N. The highest BCUT2D eigenvalue weighted by molar-refractivity contribution is 4.91. The molecule has 1 N–H and O–H groups in total. The van der Waals surface area contributed by atoms with E-state index in [9.17, 15) is 0 Å². The lowest BCUT2D eigenvalue weighted by Crippen LogP contribution is -2.34. The minimum atomic E-state index is 0.857. The highest BCUT2D eigenvalue weighted by Gasteiger charge is 2.39. The van der Waals surface area contributed by atoms with Crippen LogP contribution in [0.4, 0.5) is 0 Å². The third-order valence-electron chi connectivity index (χ3n) is 4.38. The quantitative estimate of drug-likeness (QED) is 0.706. The second-order valence-corrected chi connectivity index (χ2v) is 5.19. The van der Waals surface area contributed by atoms with Crippen LogP contribution in [0.5, 0.6) is 0 Å². The van der Waals surface area contributed by atoms with E-state index in [1.807, 2.05) is 0 Å². The lowest BCUT2D eigenvalue weighted by atomic mass is 9.59. The molecule has 0 unspecified atom stereocenters. The summed E-state index contributed by atoms with van der Waals surface area (Å²) < 4.78 is 0. The number of rotatable bonds is 3. The topological polar surface area (TPSA) is 12.0 Å². The molecule has 0 amide bonds. The first-order valence-electron chi connectivity index (χ1n) is 5.99. The molecule has 76 valence electrons. The maximum absolute atomic E-state index is 3.26. The molecule has 0 aromatic heterocycles.